The Labute approximate surface area is 127 Å². The SMILES string of the molecule is CCC(N)Cc1ccc(N(C)Cc2cnn(C)c2)cc1C. The van der Waals surface area contributed by atoms with Gasteiger partial charge in [-0.1, -0.05) is 13.0 Å². The van der Waals surface area contributed by atoms with E-state index in [1.165, 1.54) is 22.4 Å². The molecule has 4 nitrogen and oxygen atoms in total. The quantitative estimate of drug-likeness (QED) is 0.888. The summed E-state index contributed by atoms with van der Waals surface area (Å²) in [5, 5.41) is 4.21. The van der Waals surface area contributed by atoms with Crippen LogP contribution >= 0.6 is 0 Å². The summed E-state index contributed by atoms with van der Waals surface area (Å²) in [5.74, 6) is 0. The van der Waals surface area contributed by atoms with E-state index in [0.717, 1.165) is 19.4 Å². The Morgan fingerprint density at radius 3 is 2.71 bits per heavy atom. The molecule has 0 amide bonds. The molecule has 2 N–H and O–H groups in total. The molecule has 0 fully saturated rings. The minimum Gasteiger partial charge on any atom is -0.370 e. The molecular formula is C17H26N4. The van der Waals surface area contributed by atoms with E-state index in [1.807, 2.05) is 17.9 Å². The normalized spacial score (nSPS) is 12.4. The third kappa shape index (κ3) is 4.08. The zero-order valence-corrected chi connectivity index (χ0v) is 13.5. The van der Waals surface area contributed by atoms with Gasteiger partial charge in [-0.15, -0.1) is 0 Å². The van der Waals surface area contributed by atoms with E-state index in [0.29, 0.717) is 0 Å². The van der Waals surface area contributed by atoms with Gasteiger partial charge in [0.25, 0.3) is 0 Å². The van der Waals surface area contributed by atoms with Crippen LogP contribution in [-0.4, -0.2) is 22.9 Å². The van der Waals surface area contributed by atoms with Crippen molar-refractivity contribution in [2.75, 3.05) is 11.9 Å². The fourth-order valence-corrected chi connectivity index (χ4v) is 2.49. The first-order valence-corrected chi connectivity index (χ1v) is 7.53. The Kier molecular flexibility index (Phi) is 5.02. The van der Waals surface area contributed by atoms with Gasteiger partial charge in [0.1, 0.15) is 0 Å². The summed E-state index contributed by atoms with van der Waals surface area (Å²) in [4.78, 5) is 2.24. The summed E-state index contributed by atoms with van der Waals surface area (Å²) in [6.07, 6.45) is 5.94. The molecule has 0 aliphatic carbocycles. The molecule has 4 heteroatoms. The highest BCUT2D eigenvalue weighted by atomic mass is 15.2. The Balaban J connectivity index is 2.08. The fourth-order valence-electron chi connectivity index (χ4n) is 2.49. The molecule has 114 valence electrons. The van der Waals surface area contributed by atoms with E-state index in [9.17, 15) is 0 Å². The summed E-state index contributed by atoms with van der Waals surface area (Å²) < 4.78 is 1.84. The number of nitrogens with two attached hydrogens (primary N) is 1. The van der Waals surface area contributed by atoms with Gasteiger partial charge < -0.3 is 10.6 Å². The van der Waals surface area contributed by atoms with Crippen LogP contribution in [0.1, 0.15) is 30.0 Å². The van der Waals surface area contributed by atoms with Gasteiger partial charge in [-0.2, -0.15) is 5.10 Å². The molecule has 0 aliphatic heterocycles. The highest BCUT2D eigenvalue weighted by molar-refractivity contribution is 5.50. The third-order valence-corrected chi connectivity index (χ3v) is 3.95. The number of hydrogen-bond acceptors (Lipinski definition) is 3. The van der Waals surface area contributed by atoms with Gasteiger partial charge in [0.2, 0.25) is 0 Å². The van der Waals surface area contributed by atoms with Crippen molar-refractivity contribution < 1.29 is 0 Å². The maximum atomic E-state index is 6.06. The van der Waals surface area contributed by atoms with Crippen LogP contribution in [0.25, 0.3) is 0 Å². The Bertz CT molecular complexity index is 588. The van der Waals surface area contributed by atoms with Gasteiger partial charge in [-0.05, 0) is 43.0 Å². The second-order valence-electron chi connectivity index (χ2n) is 5.86. The zero-order chi connectivity index (χ0) is 15.4. The maximum absolute atomic E-state index is 6.06. The van der Waals surface area contributed by atoms with E-state index in [2.05, 4.69) is 55.3 Å². The Morgan fingerprint density at radius 2 is 2.14 bits per heavy atom. The third-order valence-electron chi connectivity index (χ3n) is 3.95. The second kappa shape index (κ2) is 6.76. The van der Waals surface area contributed by atoms with Gasteiger partial charge in [-0.3, -0.25) is 4.68 Å². The van der Waals surface area contributed by atoms with Crippen molar-refractivity contribution >= 4 is 5.69 Å². The molecular weight excluding hydrogens is 260 g/mol. The molecule has 1 heterocycles. The minimum atomic E-state index is 0.252. The van der Waals surface area contributed by atoms with Crippen LogP contribution in [0.15, 0.2) is 30.6 Å². The molecule has 0 radical (unpaired) electrons. The molecule has 1 aromatic carbocycles. The van der Waals surface area contributed by atoms with Crippen molar-refractivity contribution in [3.8, 4) is 0 Å². The number of aromatic nitrogens is 2. The van der Waals surface area contributed by atoms with E-state index in [1.54, 1.807) is 0 Å². The highest BCUT2D eigenvalue weighted by Crippen LogP contribution is 2.21. The van der Waals surface area contributed by atoms with Crippen molar-refractivity contribution in [3.63, 3.8) is 0 Å². The van der Waals surface area contributed by atoms with Crippen molar-refractivity contribution in [1.29, 1.82) is 0 Å². The summed E-state index contributed by atoms with van der Waals surface area (Å²) >= 11 is 0. The fraction of sp³-hybridized carbons (Fsp3) is 0.471. The molecule has 2 aromatic rings. The molecule has 2 rings (SSSR count). The number of aryl methyl sites for hydroxylation is 2. The van der Waals surface area contributed by atoms with Crippen LogP contribution in [0.2, 0.25) is 0 Å². The van der Waals surface area contributed by atoms with Crippen molar-refractivity contribution in [1.82, 2.24) is 9.78 Å². The first-order valence-electron chi connectivity index (χ1n) is 7.53. The first kappa shape index (κ1) is 15.6. The number of hydrogen-bond donors (Lipinski definition) is 1. The standard InChI is InChI=1S/C17H26N4/c1-5-16(18)9-15-6-7-17(8-13(15)2)20(3)11-14-10-19-21(4)12-14/h6-8,10,12,16H,5,9,11,18H2,1-4H3. The van der Waals surface area contributed by atoms with Crippen LogP contribution < -0.4 is 10.6 Å². The molecule has 1 aromatic heterocycles. The van der Waals surface area contributed by atoms with Crippen LogP contribution in [-0.2, 0) is 20.0 Å². The monoisotopic (exact) mass is 286 g/mol. The topological polar surface area (TPSA) is 47.1 Å². The average Bonchev–Trinajstić information content (AvgIpc) is 2.86. The van der Waals surface area contributed by atoms with Crippen LogP contribution in [0.5, 0.6) is 0 Å². The summed E-state index contributed by atoms with van der Waals surface area (Å²) in [7, 11) is 4.05. The predicted octanol–water partition coefficient (Wildman–Crippen LogP) is 2.64. The summed E-state index contributed by atoms with van der Waals surface area (Å²) in [6, 6.07) is 6.89. The van der Waals surface area contributed by atoms with Crippen molar-refractivity contribution in [3.05, 3.63) is 47.3 Å². The van der Waals surface area contributed by atoms with E-state index in [-0.39, 0.29) is 6.04 Å². The minimum absolute atomic E-state index is 0.252. The van der Waals surface area contributed by atoms with Gasteiger partial charge in [0, 0.05) is 44.1 Å². The predicted molar refractivity (Wildman–Crippen MR) is 88.5 cm³/mol. The molecule has 1 atom stereocenters. The second-order valence-corrected chi connectivity index (χ2v) is 5.86. The average molecular weight is 286 g/mol. The lowest BCUT2D eigenvalue weighted by atomic mass is 9.99. The summed E-state index contributed by atoms with van der Waals surface area (Å²) in [6.45, 7) is 5.16. The molecule has 21 heavy (non-hydrogen) atoms. The number of rotatable bonds is 6. The van der Waals surface area contributed by atoms with Gasteiger partial charge in [-0.25, -0.2) is 0 Å². The molecule has 0 saturated carbocycles. The molecule has 1 unspecified atom stereocenters. The van der Waals surface area contributed by atoms with Crippen molar-refractivity contribution in [2.45, 2.75) is 39.3 Å². The smallest absolute Gasteiger partial charge is 0.0539 e. The lowest BCUT2D eigenvalue weighted by Gasteiger charge is -2.20. The Morgan fingerprint density at radius 1 is 1.38 bits per heavy atom. The molecule has 0 spiro atoms. The van der Waals surface area contributed by atoms with E-state index in [4.69, 9.17) is 5.73 Å². The van der Waals surface area contributed by atoms with Crippen LogP contribution in [0.4, 0.5) is 5.69 Å². The van der Waals surface area contributed by atoms with Gasteiger partial charge in [0.15, 0.2) is 0 Å². The van der Waals surface area contributed by atoms with E-state index >= 15 is 0 Å². The van der Waals surface area contributed by atoms with E-state index < -0.39 is 0 Å². The molecule has 0 aliphatic rings. The Hall–Kier alpha value is -1.81. The van der Waals surface area contributed by atoms with Crippen LogP contribution in [0, 0.1) is 6.92 Å². The molecule has 0 saturated heterocycles. The molecule has 0 bridgehead atoms. The maximum Gasteiger partial charge on any atom is 0.0539 e. The van der Waals surface area contributed by atoms with Gasteiger partial charge >= 0.3 is 0 Å². The summed E-state index contributed by atoms with van der Waals surface area (Å²) in [5.41, 5.74) is 11.2. The lowest BCUT2D eigenvalue weighted by molar-refractivity contribution is 0.644. The van der Waals surface area contributed by atoms with Crippen molar-refractivity contribution in [2.24, 2.45) is 12.8 Å². The number of anilines is 1. The lowest BCUT2D eigenvalue weighted by Crippen LogP contribution is -2.22. The first-order chi connectivity index (χ1) is 9.99. The number of benzene rings is 1. The largest absolute Gasteiger partial charge is 0.370 e. The highest BCUT2D eigenvalue weighted by Gasteiger charge is 2.08. The number of nitrogens with zero attached hydrogens (tertiary/aromatic N) is 3. The van der Waals surface area contributed by atoms with Crippen LogP contribution in [0.3, 0.4) is 0 Å². The van der Waals surface area contributed by atoms with Gasteiger partial charge in [0.05, 0.1) is 6.20 Å². The zero-order valence-electron chi connectivity index (χ0n) is 13.5.